The number of hydrogen-bond donors (Lipinski definition) is 1. The molecule has 0 aliphatic rings. The summed E-state index contributed by atoms with van der Waals surface area (Å²) in [4.78, 5) is 27.9. The zero-order valence-corrected chi connectivity index (χ0v) is 14.8. The number of nitrogens with zero attached hydrogens (tertiary/aromatic N) is 2. The molecular formula is C16H10Cl2FN3O2S. The lowest BCUT2D eigenvalue weighted by atomic mass is 10.2. The molecule has 0 fully saturated rings. The standard InChI is InChI=1S/C16H10Cl2FN3O2S/c17-12-6-3-10(7-13(12)18)14(23)20-15-21-16(24)22(25-15)8-9-1-4-11(19)5-2-9/h1-7H,8H2,(H,20,21,23,24). The second-order valence-electron chi connectivity index (χ2n) is 5.04. The lowest BCUT2D eigenvalue weighted by Gasteiger charge is -2.03. The Morgan fingerprint density at radius 3 is 2.56 bits per heavy atom. The van der Waals surface area contributed by atoms with Crippen molar-refractivity contribution < 1.29 is 9.18 Å². The summed E-state index contributed by atoms with van der Waals surface area (Å²) in [7, 11) is 0. The Bertz CT molecular complexity index is 986. The summed E-state index contributed by atoms with van der Waals surface area (Å²) in [5.41, 5.74) is 0.537. The molecule has 3 rings (SSSR count). The van der Waals surface area contributed by atoms with Crippen molar-refractivity contribution in [1.29, 1.82) is 0 Å². The van der Waals surface area contributed by atoms with Gasteiger partial charge in [-0.2, -0.15) is 4.98 Å². The van der Waals surface area contributed by atoms with E-state index in [0.29, 0.717) is 10.6 Å². The van der Waals surface area contributed by atoms with Crippen molar-refractivity contribution in [3.05, 3.63) is 79.9 Å². The van der Waals surface area contributed by atoms with Gasteiger partial charge in [-0.3, -0.25) is 10.1 Å². The fraction of sp³-hybridized carbons (Fsp3) is 0.0625. The van der Waals surface area contributed by atoms with Crippen molar-refractivity contribution in [1.82, 2.24) is 8.94 Å². The molecule has 1 amide bonds. The molecule has 1 N–H and O–H groups in total. The average Bonchev–Trinajstić information content (AvgIpc) is 2.91. The first-order chi connectivity index (χ1) is 11.9. The number of halogens is 3. The normalized spacial score (nSPS) is 10.7. The maximum absolute atomic E-state index is 12.9. The van der Waals surface area contributed by atoms with Crippen LogP contribution in [-0.2, 0) is 6.54 Å². The number of carbonyl (C=O) groups is 1. The number of amides is 1. The van der Waals surface area contributed by atoms with Crippen LogP contribution in [0.2, 0.25) is 10.0 Å². The van der Waals surface area contributed by atoms with Crippen molar-refractivity contribution >= 4 is 45.8 Å². The molecule has 0 bridgehead atoms. The lowest BCUT2D eigenvalue weighted by Crippen LogP contribution is -2.16. The molecule has 0 saturated heterocycles. The number of hydrogen-bond acceptors (Lipinski definition) is 4. The quantitative estimate of drug-likeness (QED) is 0.721. The van der Waals surface area contributed by atoms with E-state index in [-0.39, 0.29) is 22.5 Å². The second kappa shape index (κ2) is 7.35. The van der Waals surface area contributed by atoms with Gasteiger partial charge in [-0.05, 0) is 47.4 Å². The molecule has 25 heavy (non-hydrogen) atoms. The minimum atomic E-state index is -0.501. The number of carbonyl (C=O) groups excluding carboxylic acids is 1. The van der Waals surface area contributed by atoms with E-state index >= 15 is 0 Å². The molecule has 1 aromatic heterocycles. The van der Waals surface area contributed by atoms with Gasteiger partial charge in [0.15, 0.2) is 0 Å². The first-order valence-corrected chi connectivity index (χ1v) is 8.54. The first kappa shape index (κ1) is 17.6. The van der Waals surface area contributed by atoms with E-state index in [0.717, 1.165) is 17.1 Å². The molecule has 0 saturated carbocycles. The molecule has 9 heteroatoms. The highest BCUT2D eigenvalue weighted by atomic mass is 35.5. The van der Waals surface area contributed by atoms with Crippen molar-refractivity contribution in [2.75, 3.05) is 5.32 Å². The fourth-order valence-corrected chi connectivity index (χ4v) is 3.12. The van der Waals surface area contributed by atoms with Gasteiger partial charge in [0.05, 0.1) is 16.6 Å². The maximum Gasteiger partial charge on any atom is 0.360 e. The van der Waals surface area contributed by atoms with Crippen LogP contribution in [-0.4, -0.2) is 14.8 Å². The van der Waals surface area contributed by atoms with E-state index < -0.39 is 11.6 Å². The van der Waals surface area contributed by atoms with Gasteiger partial charge in [0.2, 0.25) is 5.13 Å². The van der Waals surface area contributed by atoms with E-state index in [2.05, 4.69) is 10.3 Å². The van der Waals surface area contributed by atoms with Crippen LogP contribution in [0.1, 0.15) is 15.9 Å². The Morgan fingerprint density at radius 2 is 1.88 bits per heavy atom. The monoisotopic (exact) mass is 397 g/mol. The van der Waals surface area contributed by atoms with E-state index in [1.807, 2.05) is 0 Å². The zero-order valence-electron chi connectivity index (χ0n) is 12.5. The largest absolute Gasteiger partial charge is 0.360 e. The Hall–Kier alpha value is -2.22. The molecule has 2 aromatic carbocycles. The van der Waals surface area contributed by atoms with Crippen molar-refractivity contribution in [3.63, 3.8) is 0 Å². The van der Waals surface area contributed by atoms with E-state index in [9.17, 15) is 14.0 Å². The highest BCUT2D eigenvalue weighted by Gasteiger charge is 2.13. The summed E-state index contributed by atoms with van der Waals surface area (Å²) in [6, 6.07) is 10.2. The molecule has 0 spiro atoms. The summed E-state index contributed by atoms with van der Waals surface area (Å²) >= 11 is 12.7. The molecule has 0 radical (unpaired) electrons. The van der Waals surface area contributed by atoms with Crippen LogP contribution in [0.25, 0.3) is 0 Å². The summed E-state index contributed by atoms with van der Waals surface area (Å²) in [5, 5.41) is 3.30. The van der Waals surface area contributed by atoms with Crippen LogP contribution in [0.15, 0.2) is 47.3 Å². The molecule has 0 aliphatic heterocycles. The van der Waals surface area contributed by atoms with Crippen molar-refractivity contribution in [2.45, 2.75) is 6.54 Å². The third-order valence-electron chi connectivity index (χ3n) is 3.25. The topological polar surface area (TPSA) is 64.0 Å². The highest BCUT2D eigenvalue weighted by Crippen LogP contribution is 2.23. The Balaban J connectivity index is 1.75. The van der Waals surface area contributed by atoms with Crippen LogP contribution in [0.3, 0.4) is 0 Å². The fourth-order valence-electron chi connectivity index (χ4n) is 2.02. The third kappa shape index (κ3) is 4.25. The molecule has 0 unspecified atom stereocenters. The Kier molecular flexibility index (Phi) is 5.17. The molecule has 3 aromatic rings. The molecule has 128 valence electrons. The maximum atomic E-state index is 12.9. The Morgan fingerprint density at radius 1 is 1.16 bits per heavy atom. The van der Waals surface area contributed by atoms with Crippen LogP contribution < -0.4 is 11.0 Å². The molecular weight excluding hydrogens is 388 g/mol. The van der Waals surface area contributed by atoms with Gasteiger partial charge in [-0.15, -0.1) is 0 Å². The number of anilines is 1. The molecule has 0 aliphatic carbocycles. The Labute approximate surface area is 155 Å². The van der Waals surface area contributed by atoms with E-state index in [1.165, 1.54) is 34.3 Å². The van der Waals surface area contributed by atoms with Gasteiger partial charge < -0.3 is 0 Å². The number of rotatable bonds is 4. The third-order valence-corrected chi connectivity index (χ3v) is 4.86. The first-order valence-electron chi connectivity index (χ1n) is 7.01. The summed E-state index contributed by atoms with van der Waals surface area (Å²) in [5.74, 6) is -0.809. The van der Waals surface area contributed by atoms with Gasteiger partial charge in [0.25, 0.3) is 5.91 Å². The van der Waals surface area contributed by atoms with Crippen LogP contribution in [0, 0.1) is 5.82 Å². The zero-order chi connectivity index (χ0) is 18.0. The minimum absolute atomic E-state index is 0.156. The number of aromatic nitrogens is 2. The summed E-state index contributed by atoms with van der Waals surface area (Å²) in [6.45, 7) is 0.236. The smallest absolute Gasteiger partial charge is 0.297 e. The summed E-state index contributed by atoms with van der Waals surface area (Å²) < 4.78 is 14.3. The van der Waals surface area contributed by atoms with Crippen LogP contribution in [0.4, 0.5) is 9.52 Å². The summed E-state index contributed by atoms with van der Waals surface area (Å²) in [6.07, 6.45) is 0. The second-order valence-corrected chi connectivity index (χ2v) is 6.86. The molecule has 5 nitrogen and oxygen atoms in total. The van der Waals surface area contributed by atoms with Gasteiger partial charge in [-0.25, -0.2) is 13.1 Å². The minimum Gasteiger partial charge on any atom is -0.297 e. The van der Waals surface area contributed by atoms with Gasteiger partial charge in [0, 0.05) is 5.56 Å². The number of nitrogens with one attached hydrogen (secondary N) is 1. The SMILES string of the molecule is O=C(Nc1nc(=O)n(Cc2ccc(F)cc2)s1)c1ccc(Cl)c(Cl)c1. The predicted molar refractivity (Wildman–Crippen MR) is 96.3 cm³/mol. The van der Waals surface area contributed by atoms with Crippen molar-refractivity contribution in [3.8, 4) is 0 Å². The van der Waals surface area contributed by atoms with Gasteiger partial charge in [0.1, 0.15) is 5.82 Å². The lowest BCUT2D eigenvalue weighted by molar-refractivity contribution is 0.102. The van der Waals surface area contributed by atoms with Crippen LogP contribution >= 0.6 is 34.7 Å². The van der Waals surface area contributed by atoms with E-state index in [1.54, 1.807) is 12.1 Å². The highest BCUT2D eigenvalue weighted by molar-refractivity contribution is 7.10. The van der Waals surface area contributed by atoms with E-state index in [4.69, 9.17) is 23.2 Å². The molecule has 0 atom stereocenters. The number of benzene rings is 2. The predicted octanol–water partition coefficient (Wildman–Crippen LogP) is 4.05. The van der Waals surface area contributed by atoms with Gasteiger partial charge >= 0.3 is 5.69 Å². The molecule has 1 heterocycles. The van der Waals surface area contributed by atoms with Gasteiger partial charge in [-0.1, -0.05) is 35.3 Å². The van der Waals surface area contributed by atoms with Crippen LogP contribution in [0.5, 0.6) is 0 Å². The van der Waals surface area contributed by atoms with Crippen molar-refractivity contribution in [2.24, 2.45) is 0 Å². The average molecular weight is 398 g/mol.